The molecule has 0 unspecified atom stereocenters. The van der Waals surface area contributed by atoms with E-state index in [2.05, 4.69) is 37.2 Å². The highest BCUT2D eigenvalue weighted by molar-refractivity contribution is 9.24. The number of nitrogens with one attached hydrogen (secondary N) is 1. The summed E-state index contributed by atoms with van der Waals surface area (Å²) < 4.78 is -0.165. The van der Waals surface area contributed by atoms with E-state index in [1.165, 1.54) is 6.07 Å². The highest BCUT2D eigenvalue weighted by atomic mass is 79.9. The van der Waals surface area contributed by atoms with Crippen molar-refractivity contribution in [2.24, 2.45) is 0 Å². The number of rotatable bonds is 4. The van der Waals surface area contributed by atoms with Gasteiger partial charge >= 0.3 is 5.97 Å². The molecule has 0 spiro atoms. The number of hydrogen-bond donors (Lipinski definition) is 2. The molecule has 0 aliphatic heterocycles. The predicted molar refractivity (Wildman–Crippen MR) is 88.4 cm³/mol. The Morgan fingerprint density at radius 1 is 0.952 bits per heavy atom. The molecule has 2 aromatic rings. The third-order valence-corrected chi connectivity index (χ3v) is 3.83. The van der Waals surface area contributed by atoms with E-state index in [1.807, 2.05) is 12.1 Å². The topological polar surface area (TPSA) is 66.4 Å². The molecular formula is C15H11Br2NO3. The lowest BCUT2D eigenvalue weighted by molar-refractivity contribution is 0.0698. The predicted octanol–water partition coefficient (Wildman–Crippen LogP) is 4.43. The van der Waals surface area contributed by atoms with Gasteiger partial charge in [0.05, 0.1) is 15.0 Å². The Labute approximate surface area is 138 Å². The minimum Gasteiger partial charge on any atom is -0.478 e. The van der Waals surface area contributed by atoms with E-state index < -0.39 is 5.97 Å². The number of carbonyl (C=O) groups is 2. The van der Waals surface area contributed by atoms with Crippen molar-refractivity contribution >= 4 is 49.4 Å². The van der Waals surface area contributed by atoms with Crippen LogP contribution >= 0.6 is 31.9 Å². The zero-order valence-corrected chi connectivity index (χ0v) is 13.9. The first-order valence-electron chi connectivity index (χ1n) is 6.01. The summed E-state index contributed by atoms with van der Waals surface area (Å²) in [6, 6.07) is 13.4. The number of alkyl halides is 2. The van der Waals surface area contributed by atoms with E-state index in [-0.39, 0.29) is 20.9 Å². The molecule has 21 heavy (non-hydrogen) atoms. The molecule has 6 heteroatoms. The third kappa shape index (κ3) is 3.71. The lowest BCUT2D eigenvalue weighted by Crippen LogP contribution is -2.16. The number of carboxylic acids is 1. The van der Waals surface area contributed by atoms with E-state index in [4.69, 9.17) is 5.11 Å². The summed E-state index contributed by atoms with van der Waals surface area (Å²) in [5.74, 6) is -1.44. The maximum Gasteiger partial charge on any atom is 0.337 e. The van der Waals surface area contributed by atoms with Crippen LogP contribution in [-0.2, 0) is 0 Å². The first-order chi connectivity index (χ1) is 10.0. The molecule has 4 nitrogen and oxygen atoms in total. The van der Waals surface area contributed by atoms with Gasteiger partial charge < -0.3 is 10.4 Å². The van der Waals surface area contributed by atoms with Crippen LogP contribution in [0.4, 0.5) is 5.69 Å². The number of carbonyl (C=O) groups excluding carboxylic acids is 1. The van der Waals surface area contributed by atoms with Crippen molar-refractivity contribution in [3.8, 4) is 0 Å². The summed E-state index contributed by atoms with van der Waals surface area (Å²) in [6.07, 6.45) is 0. The van der Waals surface area contributed by atoms with Crippen molar-refractivity contribution < 1.29 is 14.7 Å². The number of amides is 1. The monoisotopic (exact) mass is 411 g/mol. The quantitative estimate of drug-likeness (QED) is 0.730. The van der Waals surface area contributed by atoms with Gasteiger partial charge in [-0.25, -0.2) is 4.79 Å². The SMILES string of the molecule is O=C(O)c1ccccc1NC(=O)c1ccccc1C(Br)Br. The molecule has 0 saturated heterocycles. The Balaban J connectivity index is 2.33. The molecule has 0 aliphatic carbocycles. The molecule has 2 rings (SSSR count). The minimum atomic E-state index is -1.09. The molecule has 0 radical (unpaired) electrons. The molecule has 0 aliphatic rings. The summed E-state index contributed by atoms with van der Waals surface area (Å²) in [4.78, 5) is 23.5. The van der Waals surface area contributed by atoms with Gasteiger partial charge in [0, 0.05) is 5.56 Å². The lowest BCUT2D eigenvalue weighted by Gasteiger charge is -2.12. The maximum atomic E-state index is 12.4. The molecule has 0 atom stereocenters. The Hall–Kier alpha value is -1.66. The van der Waals surface area contributed by atoms with Gasteiger partial charge in [0.15, 0.2) is 0 Å². The molecule has 0 bridgehead atoms. The van der Waals surface area contributed by atoms with Crippen molar-refractivity contribution in [2.75, 3.05) is 5.32 Å². The van der Waals surface area contributed by atoms with Crippen LogP contribution in [0.25, 0.3) is 0 Å². The molecule has 1 amide bonds. The van der Waals surface area contributed by atoms with Crippen molar-refractivity contribution in [3.63, 3.8) is 0 Å². The number of halogens is 2. The number of anilines is 1. The average Bonchev–Trinajstić information content (AvgIpc) is 2.47. The standard InChI is InChI=1S/C15H11Br2NO3/c16-13(17)9-5-1-2-6-10(9)14(19)18-12-8-4-3-7-11(12)15(20)21/h1-8,13H,(H,18,19)(H,20,21). The normalized spacial score (nSPS) is 10.4. The number of hydrogen-bond acceptors (Lipinski definition) is 2. The fraction of sp³-hybridized carbons (Fsp3) is 0.0667. The summed E-state index contributed by atoms with van der Waals surface area (Å²) in [7, 11) is 0. The van der Waals surface area contributed by atoms with Crippen molar-refractivity contribution in [3.05, 3.63) is 65.2 Å². The Morgan fingerprint density at radius 2 is 1.52 bits per heavy atom. The molecule has 0 fully saturated rings. The lowest BCUT2D eigenvalue weighted by atomic mass is 10.1. The maximum absolute atomic E-state index is 12.4. The average molecular weight is 413 g/mol. The summed E-state index contributed by atoms with van der Waals surface area (Å²) in [6.45, 7) is 0. The van der Waals surface area contributed by atoms with Crippen LogP contribution < -0.4 is 5.32 Å². The number of aromatic carboxylic acids is 1. The van der Waals surface area contributed by atoms with Gasteiger partial charge in [-0.2, -0.15) is 0 Å². The van der Waals surface area contributed by atoms with Gasteiger partial charge in [-0.15, -0.1) is 0 Å². The molecule has 0 heterocycles. The summed E-state index contributed by atoms with van der Waals surface area (Å²) in [5.41, 5.74) is 1.56. The van der Waals surface area contributed by atoms with E-state index in [9.17, 15) is 9.59 Å². The highest BCUT2D eigenvalue weighted by Gasteiger charge is 2.17. The molecule has 2 aromatic carbocycles. The van der Waals surface area contributed by atoms with Crippen LogP contribution in [0.3, 0.4) is 0 Å². The molecule has 108 valence electrons. The minimum absolute atomic E-state index is 0.0533. The van der Waals surface area contributed by atoms with Crippen LogP contribution in [0.5, 0.6) is 0 Å². The van der Waals surface area contributed by atoms with Crippen LogP contribution in [0, 0.1) is 0 Å². The fourth-order valence-corrected chi connectivity index (χ4v) is 2.66. The molecule has 0 aromatic heterocycles. The molecule has 0 saturated carbocycles. The smallest absolute Gasteiger partial charge is 0.337 e. The van der Waals surface area contributed by atoms with Crippen LogP contribution in [0.15, 0.2) is 48.5 Å². The van der Waals surface area contributed by atoms with E-state index in [0.717, 1.165) is 5.56 Å². The molecule has 2 N–H and O–H groups in total. The second-order valence-electron chi connectivity index (χ2n) is 4.19. The van der Waals surface area contributed by atoms with Crippen LogP contribution in [0.1, 0.15) is 30.0 Å². The van der Waals surface area contributed by atoms with E-state index in [1.54, 1.807) is 30.3 Å². The van der Waals surface area contributed by atoms with Gasteiger partial charge in [0.2, 0.25) is 0 Å². The van der Waals surface area contributed by atoms with Gasteiger partial charge in [0.25, 0.3) is 5.91 Å². The molecular weight excluding hydrogens is 402 g/mol. The van der Waals surface area contributed by atoms with E-state index in [0.29, 0.717) is 5.56 Å². The number of carboxylic acid groups (broad SMARTS) is 1. The summed E-state index contributed by atoms with van der Waals surface area (Å²) >= 11 is 6.73. The number of benzene rings is 2. The Bertz CT molecular complexity index is 686. The highest BCUT2D eigenvalue weighted by Crippen LogP contribution is 2.32. The zero-order valence-electron chi connectivity index (χ0n) is 10.7. The van der Waals surface area contributed by atoms with Crippen molar-refractivity contribution in [1.82, 2.24) is 0 Å². The fourth-order valence-electron chi connectivity index (χ4n) is 1.86. The third-order valence-electron chi connectivity index (χ3n) is 2.85. The zero-order chi connectivity index (χ0) is 15.4. The van der Waals surface area contributed by atoms with Gasteiger partial charge in [0.1, 0.15) is 0 Å². The number of para-hydroxylation sites is 1. The Kier molecular flexibility index (Phi) is 5.14. The second-order valence-corrected chi connectivity index (χ2v) is 7.25. The van der Waals surface area contributed by atoms with Gasteiger partial charge in [-0.05, 0) is 23.8 Å². The van der Waals surface area contributed by atoms with Crippen molar-refractivity contribution in [1.29, 1.82) is 0 Å². The van der Waals surface area contributed by atoms with Crippen molar-refractivity contribution in [2.45, 2.75) is 3.74 Å². The first-order valence-corrected chi connectivity index (χ1v) is 7.84. The first kappa shape index (κ1) is 15.7. The van der Waals surface area contributed by atoms with Gasteiger partial charge in [-0.1, -0.05) is 62.2 Å². The Morgan fingerprint density at radius 3 is 2.14 bits per heavy atom. The largest absolute Gasteiger partial charge is 0.478 e. The summed E-state index contributed by atoms with van der Waals surface area (Å²) in [5, 5.41) is 11.8. The second kappa shape index (κ2) is 6.87. The van der Waals surface area contributed by atoms with Gasteiger partial charge in [-0.3, -0.25) is 4.79 Å². The van der Waals surface area contributed by atoms with Crippen LogP contribution in [0.2, 0.25) is 0 Å². The van der Waals surface area contributed by atoms with Crippen LogP contribution in [-0.4, -0.2) is 17.0 Å². The van der Waals surface area contributed by atoms with E-state index >= 15 is 0 Å².